The number of carbonyl (C=O) groups is 2. The van der Waals surface area contributed by atoms with Crippen molar-refractivity contribution >= 4 is 11.9 Å². The lowest BCUT2D eigenvalue weighted by Gasteiger charge is -2.34. The number of likely N-dealkylation sites (tertiary alicyclic amines) is 1. The van der Waals surface area contributed by atoms with Crippen molar-refractivity contribution in [2.75, 3.05) is 26.9 Å². The van der Waals surface area contributed by atoms with Crippen LogP contribution in [0.3, 0.4) is 0 Å². The molecule has 1 heterocycles. The summed E-state index contributed by atoms with van der Waals surface area (Å²) in [5.41, 5.74) is 0. The van der Waals surface area contributed by atoms with E-state index in [1.165, 1.54) is 0 Å². The first kappa shape index (κ1) is 15.0. The van der Waals surface area contributed by atoms with E-state index >= 15 is 0 Å². The molecule has 1 aliphatic heterocycles. The van der Waals surface area contributed by atoms with Gasteiger partial charge < -0.3 is 14.4 Å². The first-order valence-electron chi connectivity index (χ1n) is 6.65. The van der Waals surface area contributed by atoms with Gasteiger partial charge in [-0.15, -0.1) is 0 Å². The van der Waals surface area contributed by atoms with Crippen LogP contribution in [0.2, 0.25) is 0 Å². The monoisotopic (exact) mass is 257 g/mol. The molecule has 0 aromatic heterocycles. The van der Waals surface area contributed by atoms with Crippen LogP contribution in [-0.2, 0) is 19.1 Å². The van der Waals surface area contributed by atoms with Crippen molar-refractivity contribution in [3.63, 3.8) is 0 Å². The Bertz CT molecular complexity index is 280. The summed E-state index contributed by atoms with van der Waals surface area (Å²) in [5, 5.41) is 0. The van der Waals surface area contributed by atoms with E-state index in [9.17, 15) is 9.59 Å². The number of ether oxygens (including phenoxy) is 2. The average Bonchev–Trinajstić information content (AvgIpc) is 2.39. The van der Waals surface area contributed by atoms with Crippen LogP contribution < -0.4 is 0 Å². The Balaban J connectivity index is 2.52. The molecule has 1 unspecified atom stereocenters. The van der Waals surface area contributed by atoms with Gasteiger partial charge >= 0.3 is 5.97 Å². The predicted molar refractivity (Wildman–Crippen MR) is 67.1 cm³/mol. The molecule has 0 aromatic rings. The molecule has 0 radical (unpaired) electrons. The van der Waals surface area contributed by atoms with E-state index in [-0.39, 0.29) is 17.9 Å². The zero-order chi connectivity index (χ0) is 13.4. The van der Waals surface area contributed by atoms with Crippen molar-refractivity contribution in [2.24, 2.45) is 0 Å². The number of amides is 1. The smallest absolute Gasteiger partial charge is 0.328 e. The van der Waals surface area contributed by atoms with Gasteiger partial charge in [0.05, 0.1) is 6.61 Å². The Morgan fingerprint density at radius 2 is 2.11 bits per heavy atom. The molecular weight excluding hydrogens is 234 g/mol. The van der Waals surface area contributed by atoms with Crippen LogP contribution in [0.4, 0.5) is 0 Å². The highest BCUT2D eigenvalue weighted by Gasteiger charge is 2.32. The Hall–Kier alpha value is -1.10. The molecule has 0 aromatic carbocycles. The molecule has 5 heteroatoms. The number of hydrogen-bond acceptors (Lipinski definition) is 4. The van der Waals surface area contributed by atoms with Crippen LogP contribution >= 0.6 is 0 Å². The summed E-state index contributed by atoms with van der Waals surface area (Å²) < 4.78 is 9.96. The summed E-state index contributed by atoms with van der Waals surface area (Å²) in [6.07, 6.45) is 3.79. The predicted octanol–water partition coefficient (Wildman–Crippen LogP) is 1.36. The summed E-state index contributed by atoms with van der Waals surface area (Å²) in [4.78, 5) is 25.5. The standard InChI is InChI=1S/C13H23NO4/c1-3-18-13(16)11-7-4-5-9-14(11)12(15)8-6-10-17-2/h11H,3-10H2,1-2H3. The molecule has 0 N–H and O–H groups in total. The van der Waals surface area contributed by atoms with Crippen molar-refractivity contribution in [1.29, 1.82) is 0 Å². The maximum Gasteiger partial charge on any atom is 0.328 e. The van der Waals surface area contributed by atoms with Gasteiger partial charge in [0, 0.05) is 26.7 Å². The van der Waals surface area contributed by atoms with E-state index in [0.717, 1.165) is 19.3 Å². The zero-order valence-electron chi connectivity index (χ0n) is 11.3. The Morgan fingerprint density at radius 1 is 1.33 bits per heavy atom. The van der Waals surface area contributed by atoms with E-state index in [4.69, 9.17) is 9.47 Å². The molecule has 0 saturated carbocycles. The lowest BCUT2D eigenvalue weighted by molar-refractivity contribution is -0.156. The van der Waals surface area contributed by atoms with Gasteiger partial charge in [-0.3, -0.25) is 4.79 Å². The lowest BCUT2D eigenvalue weighted by Crippen LogP contribution is -2.48. The van der Waals surface area contributed by atoms with Crippen molar-refractivity contribution in [3.8, 4) is 0 Å². The topological polar surface area (TPSA) is 55.8 Å². The van der Waals surface area contributed by atoms with Gasteiger partial charge in [0.2, 0.25) is 5.91 Å². The maximum absolute atomic E-state index is 12.1. The molecule has 1 atom stereocenters. The third kappa shape index (κ3) is 4.29. The minimum atomic E-state index is -0.381. The van der Waals surface area contributed by atoms with Crippen molar-refractivity contribution in [2.45, 2.75) is 45.1 Å². The van der Waals surface area contributed by atoms with E-state index in [1.807, 2.05) is 0 Å². The van der Waals surface area contributed by atoms with Gasteiger partial charge in [-0.05, 0) is 32.6 Å². The first-order chi connectivity index (χ1) is 8.70. The molecule has 1 aliphatic rings. The highest BCUT2D eigenvalue weighted by molar-refractivity contribution is 5.84. The fourth-order valence-corrected chi connectivity index (χ4v) is 2.22. The van der Waals surface area contributed by atoms with Crippen LogP contribution in [-0.4, -0.2) is 49.7 Å². The van der Waals surface area contributed by atoms with Gasteiger partial charge in [0.25, 0.3) is 0 Å². The fraction of sp³-hybridized carbons (Fsp3) is 0.846. The third-order valence-electron chi connectivity index (χ3n) is 3.12. The van der Waals surface area contributed by atoms with Crippen LogP contribution in [0.1, 0.15) is 39.0 Å². The number of nitrogens with zero attached hydrogens (tertiary/aromatic N) is 1. The van der Waals surface area contributed by atoms with Crippen molar-refractivity contribution in [3.05, 3.63) is 0 Å². The molecular formula is C13H23NO4. The van der Waals surface area contributed by atoms with Crippen LogP contribution in [0.15, 0.2) is 0 Å². The minimum Gasteiger partial charge on any atom is -0.464 e. The number of rotatable bonds is 6. The van der Waals surface area contributed by atoms with Crippen LogP contribution in [0.25, 0.3) is 0 Å². The van der Waals surface area contributed by atoms with Crippen molar-refractivity contribution in [1.82, 2.24) is 4.90 Å². The van der Waals surface area contributed by atoms with Gasteiger partial charge in [-0.25, -0.2) is 4.79 Å². The van der Waals surface area contributed by atoms with Crippen molar-refractivity contribution < 1.29 is 19.1 Å². The Labute approximate surface area is 108 Å². The highest BCUT2D eigenvalue weighted by atomic mass is 16.5. The second kappa shape index (κ2) is 8.08. The average molecular weight is 257 g/mol. The molecule has 1 rings (SSSR count). The number of esters is 1. The number of carbonyl (C=O) groups excluding carboxylic acids is 2. The Kier molecular flexibility index (Phi) is 6.72. The lowest BCUT2D eigenvalue weighted by atomic mass is 10.0. The van der Waals surface area contributed by atoms with Gasteiger partial charge in [0.15, 0.2) is 0 Å². The second-order valence-corrected chi connectivity index (χ2v) is 4.45. The van der Waals surface area contributed by atoms with E-state index in [0.29, 0.717) is 32.6 Å². The van der Waals surface area contributed by atoms with E-state index in [1.54, 1.807) is 18.9 Å². The Morgan fingerprint density at radius 3 is 2.78 bits per heavy atom. The van der Waals surface area contributed by atoms with Gasteiger partial charge in [-0.1, -0.05) is 0 Å². The summed E-state index contributed by atoms with van der Waals surface area (Å²) in [6, 6.07) is -0.381. The summed E-state index contributed by atoms with van der Waals surface area (Å²) in [6.45, 7) is 3.38. The summed E-state index contributed by atoms with van der Waals surface area (Å²) >= 11 is 0. The van der Waals surface area contributed by atoms with E-state index in [2.05, 4.69) is 0 Å². The summed E-state index contributed by atoms with van der Waals surface area (Å²) in [7, 11) is 1.62. The largest absolute Gasteiger partial charge is 0.464 e. The zero-order valence-corrected chi connectivity index (χ0v) is 11.3. The molecule has 1 fully saturated rings. The first-order valence-corrected chi connectivity index (χ1v) is 6.65. The molecule has 5 nitrogen and oxygen atoms in total. The molecule has 1 amide bonds. The normalized spacial score (nSPS) is 19.7. The van der Waals surface area contributed by atoms with Gasteiger partial charge in [0.1, 0.15) is 6.04 Å². The summed E-state index contributed by atoms with van der Waals surface area (Å²) in [5.74, 6) is -0.234. The second-order valence-electron chi connectivity index (χ2n) is 4.45. The van der Waals surface area contributed by atoms with Gasteiger partial charge in [-0.2, -0.15) is 0 Å². The highest BCUT2D eigenvalue weighted by Crippen LogP contribution is 2.19. The fourth-order valence-electron chi connectivity index (χ4n) is 2.22. The molecule has 18 heavy (non-hydrogen) atoms. The molecule has 1 saturated heterocycles. The molecule has 0 aliphatic carbocycles. The molecule has 104 valence electrons. The van der Waals surface area contributed by atoms with E-state index < -0.39 is 0 Å². The molecule has 0 spiro atoms. The molecule has 0 bridgehead atoms. The number of hydrogen-bond donors (Lipinski definition) is 0. The third-order valence-corrected chi connectivity index (χ3v) is 3.12. The minimum absolute atomic E-state index is 0.0322. The number of piperidine rings is 1. The van der Waals surface area contributed by atoms with Crippen LogP contribution in [0, 0.1) is 0 Å². The quantitative estimate of drug-likeness (QED) is 0.532. The van der Waals surface area contributed by atoms with Crippen LogP contribution in [0.5, 0.6) is 0 Å². The SMILES string of the molecule is CCOC(=O)C1CCCCN1C(=O)CCCOC. The maximum atomic E-state index is 12.1. The number of methoxy groups -OCH3 is 1.